The normalized spacial score (nSPS) is 14.2. The van der Waals surface area contributed by atoms with Gasteiger partial charge in [-0.15, -0.1) is 0 Å². The van der Waals surface area contributed by atoms with Gasteiger partial charge in [0.05, 0.1) is 15.7 Å². The van der Waals surface area contributed by atoms with Gasteiger partial charge in [-0.3, -0.25) is 0 Å². The largest absolute Gasteiger partial charge is 0.490 e. The second-order valence-corrected chi connectivity index (χ2v) is 8.12. The fourth-order valence-corrected chi connectivity index (χ4v) is 3.94. The van der Waals surface area contributed by atoms with Crippen LogP contribution in [0.4, 0.5) is 8.78 Å². The number of ether oxygens (including phenoxy) is 3. The molecule has 0 radical (unpaired) electrons. The quantitative estimate of drug-likeness (QED) is 0.205. The van der Waals surface area contributed by atoms with Gasteiger partial charge in [0.1, 0.15) is 18.2 Å². The van der Waals surface area contributed by atoms with E-state index in [0.717, 1.165) is 0 Å². The number of hydrogen-bond donors (Lipinski definition) is 0. The van der Waals surface area contributed by atoms with Crippen LogP contribution >= 0.6 is 22.6 Å². The van der Waals surface area contributed by atoms with Crippen LogP contribution in [-0.4, -0.2) is 18.5 Å². The zero-order chi connectivity index (χ0) is 23.4. The van der Waals surface area contributed by atoms with Crippen molar-refractivity contribution in [2.24, 2.45) is 4.99 Å². The lowest BCUT2D eigenvalue weighted by molar-refractivity contribution is -0.129. The first-order valence-corrected chi connectivity index (χ1v) is 11.1. The summed E-state index contributed by atoms with van der Waals surface area (Å²) in [5.74, 6) is -0.746. The third kappa shape index (κ3) is 5.22. The van der Waals surface area contributed by atoms with Crippen molar-refractivity contribution < 1.29 is 27.8 Å². The number of benzene rings is 3. The molecule has 1 aliphatic heterocycles. The van der Waals surface area contributed by atoms with Crippen LogP contribution in [0.1, 0.15) is 23.6 Å². The van der Waals surface area contributed by atoms with Gasteiger partial charge in [0.15, 0.2) is 17.2 Å². The first kappa shape index (κ1) is 22.9. The molecule has 0 fully saturated rings. The van der Waals surface area contributed by atoms with E-state index in [9.17, 15) is 13.6 Å². The third-order valence-electron chi connectivity index (χ3n) is 4.69. The number of cyclic esters (lactones) is 1. The SMILES string of the molecule is CCOc1cc(/C=C2\N=C(c3ccccc3F)OC2=O)cc(I)c1OCc1ccccc1F. The van der Waals surface area contributed by atoms with E-state index in [1.165, 1.54) is 24.3 Å². The summed E-state index contributed by atoms with van der Waals surface area (Å²) in [7, 11) is 0. The highest BCUT2D eigenvalue weighted by molar-refractivity contribution is 14.1. The molecule has 33 heavy (non-hydrogen) atoms. The molecular formula is C25H18F2INO4. The number of esters is 1. The number of carbonyl (C=O) groups excluding carboxylic acids is 1. The summed E-state index contributed by atoms with van der Waals surface area (Å²) >= 11 is 2.08. The Morgan fingerprint density at radius 2 is 1.76 bits per heavy atom. The fourth-order valence-electron chi connectivity index (χ4n) is 3.16. The topological polar surface area (TPSA) is 57.1 Å². The molecule has 0 amide bonds. The van der Waals surface area contributed by atoms with E-state index in [0.29, 0.717) is 32.8 Å². The Balaban J connectivity index is 1.63. The number of hydrogen-bond acceptors (Lipinski definition) is 5. The van der Waals surface area contributed by atoms with Crippen LogP contribution in [0, 0.1) is 15.2 Å². The molecule has 0 spiro atoms. The molecule has 4 rings (SSSR count). The Morgan fingerprint density at radius 1 is 1.03 bits per heavy atom. The van der Waals surface area contributed by atoms with Gasteiger partial charge >= 0.3 is 5.97 Å². The molecule has 168 valence electrons. The third-order valence-corrected chi connectivity index (χ3v) is 5.49. The monoisotopic (exact) mass is 561 g/mol. The number of aliphatic imine (C=N–C) groups is 1. The summed E-state index contributed by atoms with van der Waals surface area (Å²) in [6.07, 6.45) is 1.53. The molecule has 0 atom stereocenters. The lowest BCUT2D eigenvalue weighted by Crippen LogP contribution is -2.07. The van der Waals surface area contributed by atoms with Gasteiger partial charge in [-0.05, 0) is 71.5 Å². The highest BCUT2D eigenvalue weighted by atomic mass is 127. The van der Waals surface area contributed by atoms with Crippen molar-refractivity contribution in [3.63, 3.8) is 0 Å². The molecule has 0 saturated carbocycles. The summed E-state index contributed by atoms with van der Waals surface area (Å²) in [4.78, 5) is 16.5. The minimum absolute atomic E-state index is 0.0335. The van der Waals surface area contributed by atoms with Gasteiger partial charge in [0.2, 0.25) is 5.90 Å². The lowest BCUT2D eigenvalue weighted by Gasteiger charge is -2.15. The van der Waals surface area contributed by atoms with Crippen LogP contribution in [-0.2, 0) is 16.1 Å². The number of nitrogens with zero attached hydrogens (tertiary/aromatic N) is 1. The van der Waals surface area contributed by atoms with Gasteiger partial charge < -0.3 is 14.2 Å². The van der Waals surface area contributed by atoms with E-state index in [1.54, 1.807) is 42.5 Å². The number of halogens is 3. The molecule has 1 aliphatic rings. The summed E-state index contributed by atoms with van der Waals surface area (Å²) in [5.41, 5.74) is 1.18. The van der Waals surface area contributed by atoms with Crippen molar-refractivity contribution in [2.45, 2.75) is 13.5 Å². The lowest BCUT2D eigenvalue weighted by atomic mass is 10.1. The van der Waals surface area contributed by atoms with Gasteiger partial charge in [0, 0.05) is 5.56 Å². The molecular weight excluding hydrogens is 543 g/mol. The van der Waals surface area contributed by atoms with Crippen LogP contribution in [0.15, 0.2) is 71.4 Å². The molecule has 0 aliphatic carbocycles. The Kier molecular flexibility index (Phi) is 7.02. The molecule has 0 aromatic heterocycles. The predicted octanol–water partition coefficient (Wildman–Crippen LogP) is 5.89. The van der Waals surface area contributed by atoms with Crippen LogP contribution in [0.2, 0.25) is 0 Å². The van der Waals surface area contributed by atoms with Gasteiger partial charge in [-0.1, -0.05) is 30.3 Å². The van der Waals surface area contributed by atoms with Gasteiger partial charge in [-0.2, -0.15) is 0 Å². The summed E-state index contributed by atoms with van der Waals surface area (Å²) in [6.45, 7) is 2.24. The number of rotatable bonds is 7. The zero-order valence-corrected chi connectivity index (χ0v) is 19.6. The maximum atomic E-state index is 14.0. The van der Waals surface area contributed by atoms with Crippen molar-refractivity contribution in [3.8, 4) is 11.5 Å². The van der Waals surface area contributed by atoms with Crippen LogP contribution in [0.3, 0.4) is 0 Å². The first-order valence-electron chi connectivity index (χ1n) is 10.1. The molecule has 1 heterocycles. The summed E-state index contributed by atoms with van der Waals surface area (Å²) < 4.78 is 45.4. The molecule has 0 N–H and O–H groups in total. The zero-order valence-electron chi connectivity index (χ0n) is 17.5. The van der Waals surface area contributed by atoms with Crippen LogP contribution < -0.4 is 9.47 Å². The maximum absolute atomic E-state index is 14.0. The van der Waals surface area contributed by atoms with E-state index >= 15 is 0 Å². The highest BCUT2D eigenvalue weighted by Crippen LogP contribution is 2.36. The maximum Gasteiger partial charge on any atom is 0.363 e. The van der Waals surface area contributed by atoms with Crippen LogP contribution in [0.25, 0.3) is 6.08 Å². The molecule has 3 aromatic rings. The minimum Gasteiger partial charge on any atom is -0.490 e. The van der Waals surface area contributed by atoms with E-state index in [-0.39, 0.29) is 29.6 Å². The van der Waals surface area contributed by atoms with E-state index in [2.05, 4.69) is 27.6 Å². The summed E-state index contributed by atoms with van der Waals surface area (Å²) in [5, 5.41) is 0. The molecule has 0 unspecified atom stereocenters. The smallest absolute Gasteiger partial charge is 0.363 e. The van der Waals surface area contributed by atoms with E-state index in [1.807, 2.05) is 6.92 Å². The van der Waals surface area contributed by atoms with Crippen molar-refractivity contribution >= 4 is 40.5 Å². The Hall–Kier alpha value is -3.27. The fraction of sp³-hybridized carbons (Fsp3) is 0.120. The Labute approximate surface area is 202 Å². The average molecular weight is 561 g/mol. The predicted molar refractivity (Wildman–Crippen MR) is 128 cm³/mol. The Bertz CT molecular complexity index is 1270. The average Bonchev–Trinajstić information content (AvgIpc) is 3.14. The standard InChI is InChI=1S/C25H18F2INO4/c1-2-31-22-13-15(11-20(28)23(22)32-14-16-7-3-5-9-18(16)26)12-21-25(30)33-24(29-21)17-8-4-6-10-19(17)27/h3-13H,2,14H2,1H3/b21-12-. The molecule has 0 bridgehead atoms. The molecule has 0 saturated heterocycles. The van der Waals surface area contributed by atoms with Crippen molar-refractivity contribution in [1.29, 1.82) is 0 Å². The van der Waals surface area contributed by atoms with Gasteiger partial charge in [0.25, 0.3) is 0 Å². The highest BCUT2D eigenvalue weighted by Gasteiger charge is 2.26. The second-order valence-electron chi connectivity index (χ2n) is 6.96. The molecule has 5 nitrogen and oxygen atoms in total. The van der Waals surface area contributed by atoms with E-state index < -0.39 is 11.8 Å². The van der Waals surface area contributed by atoms with E-state index in [4.69, 9.17) is 14.2 Å². The van der Waals surface area contributed by atoms with Crippen molar-refractivity contribution in [1.82, 2.24) is 0 Å². The summed E-state index contributed by atoms with van der Waals surface area (Å²) in [6, 6.07) is 15.8. The molecule has 8 heteroatoms. The van der Waals surface area contributed by atoms with Crippen LogP contribution in [0.5, 0.6) is 11.5 Å². The second kappa shape index (κ2) is 10.1. The van der Waals surface area contributed by atoms with Crippen molar-refractivity contribution in [2.75, 3.05) is 6.61 Å². The number of carbonyl (C=O) groups is 1. The first-order chi connectivity index (χ1) is 16.0. The van der Waals surface area contributed by atoms with Gasteiger partial charge in [-0.25, -0.2) is 18.6 Å². The van der Waals surface area contributed by atoms with Crippen molar-refractivity contribution in [3.05, 3.63) is 98.3 Å². The Morgan fingerprint density at radius 3 is 2.48 bits per heavy atom. The minimum atomic E-state index is -0.680. The molecule has 3 aromatic carbocycles.